The first-order valence-corrected chi connectivity index (χ1v) is 6.00. The van der Waals surface area contributed by atoms with Crippen molar-refractivity contribution in [2.45, 2.75) is 40.3 Å². The Balaban J connectivity index is 2.59. The molecule has 0 spiro atoms. The van der Waals surface area contributed by atoms with Crippen molar-refractivity contribution in [3.8, 4) is 0 Å². The van der Waals surface area contributed by atoms with Gasteiger partial charge in [0.25, 0.3) is 0 Å². The largest absolute Gasteiger partial charge is 0.480 e. The number of carboxylic acid groups (broad SMARTS) is 1. The standard InChI is InChI=1S/C12H19N3O4/c1-7(2)15(6-11(16)17)12(18)13-5-10-14-8(3)9(4)19-10/h7H,5-6H2,1-4H3,(H,13,18)(H,16,17). The topological polar surface area (TPSA) is 95.7 Å². The van der Waals surface area contributed by atoms with E-state index >= 15 is 0 Å². The number of aryl methyl sites for hydroxylation is 2. The van der Waals surface area contributed by atoms with Gasteiger partial charge in [0.05, 0.1) is 12.2 Å². The number of aromatic nitrogens is 1. The van der Waals surface area contributed by atoms with Gasteiger partial charge < -0.3 is 19.7 Å². The molecule has 0 aliphatic carbocycles. The summed E-state index contributed by atoms with van der Waals surface area (Å²) in [6.45, 7) is 6.90. The lowest BCUT2D eigenvalue weighted by Crippen LogP contribution is -2.46. The molecule has 0 aromatic carbocycles. The molecule has 2 amide bonds. The monoisotopic (exact) mass is 269 g/mol. The van der Waals surface area contributed by atoms with E-state index < -0.39 is 12.0 Å². The third-order valence-corrected chi connectivity index (χ3v) is 2.65. The minimum atomic E-state index is -1.05. The zero-order valence-corrected chi connectivity index (χ0v) is 11.6. The Morgan fingerprint density at radius 2 is 2.05 bits per heavy atom. The van der Waals surface area contributed by atoms with Gasteiger partial charge in [0.15, 0.2) is 0 Å². The van der Waals surface area contributed by atoms with E-state index in [0.717, 1.165) is 5.69 Å². The normalized spacial score (nSPS) is 10.6. The van der Waals surface area contributed by atoms with Crippen LogP contribution in [-0.4, -0.2) is 39.6 Å². The van der Waals surface area contributed by atoms with Gasteiger partial charge in [-0.05, 0) is 27.7 Å². The van der Waals surface area contributed by atoms with Crippen LogP contribution in [0.3, 0.4) is 0 Å². The molecule has 106 valence electrons. The Morgan fingerprint density at radius 1 is 1.42 bits per heavy atom. The second-order valence-electron chi connectivity index (χ2n) is 4.52. The number of aliphatic carboxylic acids is 1. The zero-order valence-electron chi connectivity index (χ0n) is 11.6. The summed E-state index contributed by atoms with van der Waals surface area (Å²) in [6, 6.07) is -0.657. The molecule has 1 aromatic rings. The number of carboxylic acids is 1. The van der Waals surface area contributed by atoms with Crippen molar-refractivity contribution >= 4 is 12.0 Å². The van der Waals surface area contributed by atoms with E-state index in [1.54, 1.807) is 20.8 Å². The lowest BCUT2D eigenvalue weighted by molar-refractivity contribution is -0.138. The highest BCUT2D eigenvalue weighted by Gasteiger charge is 2.20. The van der Waals surface area contributed by atoms with E-state index in [1.165, 1.54) is 4.90 Å². The summed E-state index contributed by atoms with van der Waals surface area (Å²) in [5.74, 6) is 0.0598. The van der Waals surface area contributed by atoms with Crippen molar-refractivity contribution in [3.05, 3.63) is 17.3 Å². The average Bonchev–Trinajstić information content (AvgIpc) is 2.62. The first kappa shape index (κ1) is 15.0. The second kappa shape index (κ2) is 6.21. The first-order valence-electron chi connectivity index (χ1n) is 6.00. The highest BCUT2D eigenvalue weighted by atomic mass is 16.4. The number of urea groups is 1. The predicted octanol–water partition coefficient (Wildman–Crippen LogP) is 1.30. The van der Waals surface area contributed by atoms with Crippen molar-refractivity contribution in [3.63, 3.8) is 0 Å². The van der Waals surface area contributed by atoms with Gasteiger partial charge in [-0.1, -0.05) is 0 Å². The van der Waals surface area contributed by atoms with Crippen LogP contribution in [0.4, 0.5) is 4.79 Å². The third kappa shape index (κ3) is 4.27. The average molecular weight is 269 g/mol. The Morgan fingerprint density at radius 3 is 2.47 bits per heavy atom. The number of rotatable bonds is 5. The smallest absolute Gasteiger partial charge is 0.323 e. The molecule has 0 unspecified atom stereocenters. The summed E-state index contributed by atoms with van der Waals surface area (Å²) in [6.07, 6.45) is 0. The van der Waals surface area contributed by atoms with E-state index in [9.17, 15) is 9.59 Å². The summed E-state index contributed by atoms with van der Waals surface area (Å²) in [4.78, 5) is 27.9. The van der Waals surface area contributed by atoms with Crippen LogP contribution in [0.25, 0.3) is 0 Å². The molecule has 19 heavy (non-hydrogen) atoms. The summed E-state index contributed by atoms with van der Waals surface area (Å²) in [5, 5.41) is 11.3. The number of nitrogens with zero attached hydrogens (tertiary/aromatic N) is 2. The lowest BCUT2D eigenvalue weighted by Gasteiger charge is -2.24. The van der Waals surface area contributed by atoms with Crippen LogP contribution in [0.2, 0.25) is 0 Å². The SMILES string of the molecule is Cc1nc(CNC(=O)N(CC(=O)O)C(C)C)oc1C. The maximum Gasteiger partial charge on any atom is 0.323 e. The van der Waals surface area contributed by atoms with Crippen LogP contribution >= 0.6 is 0 Å². The van der Waals surface area contributed by atoms with Crippen LogP contribution in [-0.2, 0) is 11.3 Å². The van der Waals surface area contributed by atoms with Gasteiger partial charge in [-0.15, -0.1) is 0 Å². The van der Waals surface area contributed by atoms with Crippen molar-refractivity contribution in [1.29, 1.82) is 0 Å². The maximum absolute atomic E-state index is 11.9. The Bertz CT molecular complexity index is 448. The van der Waals surface area contributed by atoms with Crippen LogP contribution < -0.4 is 5.32 Å². The van der Waals surface area contributed by atoms with Gasteiger partial charge in [0.1, 0.15) is 12.3 Å². The van der Waals surface area contributed by atoms with Gasteiger partial charge in [-0.3, -0.25) is 4.79 Å². The van der Waals surface area contributed by atoms with Crippen molar-refractivity contribution in [1.82, 2.24) is 15.2 Å². The number of carbonyl (C=O) groups is 2. The van der Waals surface area contributed by atoms with E-state index in [0.29, 0.717) is 11.7 Å². The fourth-order valence-corrected chi connectivity index (χ4v) is 1.50. The highest BCUT2D eigenvalue weighted by molar-refractivity contribution is 5.80. The highest BCUT2D eigenvalue weighted by Crippen LogP contribution is 2.08. The first-order chi connectivity index (χ1) is 8.81. The summed E-state index contributed by atoms with van der Waals surface area (Å²) < 4.78 is 5.33. The molecule has 0 atom stereocenters. The van der Waals surface area contributed by atoms with Crippen LogP contribution in [0.15, 0.2) is 4.42 Å². The Labute approximate surface area is 111 Å². The predicted molar refractivity (Wildman–Crippen MR) is 67.7 cm³/mol. The second-order valence-corrected chi connectivity index (χ2v) is 4.52. The van der Waals surface area contributed by atoms with E-state index in [1.807, 2.05) is 6.92 Å². The summed E-state index contributed by atoms with van der Waals surface area (Å²) in [7, 11) is 0. The minimum absolute atomic E-state index is 0.135. The number of hydrogen-bond donors (Lipinski definition) is 2. The molecular weight excluding hydrogens is 250 g/mol. The third-order valence-electron chi connectivity index (χ3n) is 2.65. The van der Waals surface area contributed by atoms with Gasteiger partial charge >= 0.3 is 12.0 Å². The molecular formula is C12H19N3O4. The number of oxazole rings is 1. The summed E-state index contributed by atoms with van der Waals surface area (Å²) >= 11 is 0. The molecule has 0 radical (unpaired) electrons. The number of amides is 2. The van der Waals surface area contributed by atoms with Crippen molar-refractivity contribution < 1.29 is 19.1 Å². The molecule has 7 heteroatoms. The number of carbonyl (C=O) groups excluding carboxylic acids is 1. The molecule has 1 rings (SSSR count). The van der Waals surface area contributed by atoms with Crippen LogP contribution in [0, 0.1) is 13.8 Å². The Kier molecular flexibility index (Phi) is 4.91. The van der Waals surface area contributed by atoms with E-state index in [4.69, 9.17) is 9.52 Å². The summed E-state index contributed by atoms with van der Waals surface area (Å²) in [5.41, 5.74) is 0.774. The molecule has 0 saturated carbocycles. The molecule has 0 aliphatic heterocycles. The van der Waals surface area contributed by atoms with Gasteiger partial charge in [0.2, 0.25) is 5.89 Å². The zero-order chi connectivity index (χ0) is 14.6. The van der Waals surface area contributed by atoms with E-state index in [2.05, 4.69) is 10.3 Å². The molecule has 0 bridgehead atoms. The quantitative estimate of drug-likeness (QED) is 0.839. The molecule has 0 aliphatic rings. The maximum atomic E-state index is 11.9. The minimum Gasteiger partial charge on any atom is -0.480 e. The molecule has 0 fully saturated rings. The molecule has 7 nitrogen and oxygen atoms in total. The lowest BCUT2D eigenvalue weighted by atomic mass is 10.3. The fourth-order valence-electron chi connectivity index (χ4n) is 1.50. The number of hydrogen-bond acceptors (Lipinski definition) is 4. The fraction of sp³-hybridized carbons (Fsp3) is 0.583. The molecule has 2 N–H and O–H groups in total. The number of nitrogens with one attached hydrogen (secondary N) is 1. The van der Waals surface area contributed by atoms with Gasteiger partial charge in [-0.2, -0.15) is 0 Å². The van der Waals surface area contributed by atoms with Gasteiger partial charge in [0, 0.05) is 6.04 Å². The van der Waals surface area contributed by atoms with Crippen molar-refractivity contribution in [2.24, 2.45) is 0 Å². The molecule has 0 saturated heterocycles. The Hall–Kier alpha value is -2.05. The van der Waals surface area contributed by atoms with Crippen LogP contribution in [0.1, 0.15) is 31.2 Å². The van der Waals surface area contributed by atoms with Crippen LogP contribution in [0.5, 0.6) is 0 Å². The van der Waals surface area contributed by atoms with E-state index in [-0.39, 0.29) is 19.1 Å². The molecule has 1 aromatic heterocycles. The van der Waals surface area contributed by atoms with Crippen molar-refractivity contribution in [2.75, 3.05) is 6.54 Å². The van der Waals surface area contributed by atoms with Gasteiger partial charge in [-0.25, -0.2) is 9.78 Å². The molecule has 1 heterocycles.